The fraction of sp³-hybridized carbons (Fsp3) is 0. The van der Waals surface area contributed by atoms with E-state index in [0.717, 1.165) is 9.92 Å². The monoisotopic (exact) mass is 313 g/mol. The molecule has 4 heteroatoms. The third-order valence-corrected chi connectivity index (χ3v) is 4.77. The molecular formula is C12H9BrClNS. The van der Waals surface area contributed by atoms with E-state index in [-0.39, 0.29) is 10.7 Å². The Hall–Kier alpha value is -0.640. The Bertz CT molecular complexity index is 496. The van der Waals surface area contributed by atoms with Gasteiger partial charge in [0.05, 0.1) is 16.1 Å². The van der Waals surface area contributed by atoms with E-state index in [4.69, 9.17) is 11.6 Å². The molecular weight excluding hydrogens is 306 g/mol. The Morgan fingerprint density at radius 1 is 0.875 bits per heavy atom. The molecule has 1 nitrogen and oxygen atoms in total. The summed E-state index contributed by atoms with van der Waals surface area (Å²) in [5.41, 5.74) is 0. The number of hydrogen-bond donors (Lipinski definition) is 0. The average Bonchev–Trinajstić information content (AvgIpc) is 2.34. The largest absolute Gasteiger partial charge is 0.177 e. The van der Waals surface area contributed by atoms with Crippen molar-refractivity contribution in [2.24, 2.45) is 3.39 Å². The van der Waals surface area contributed by atoms with Crippen LogP contribution in [-0.4, -0.2) is 0 Å². The molecule has 0 aliphatic rings. The quantitative estimate of drug-likeness (QED) is 0.750. The van der Waals surface area contributed by atoms with E-state index in [1.807, 2.05) is 42.5 Å². The molecule has 0 bridgehead atoms. The second-order valence-corrected chi connectivity index (χ2v) is 6.08. The van der Waals surface area contributed by atoms with Crippen LogP contribution >= 0.6 is 27.7 Å². The van der Waals surface area contributed by atoms with Crippen LogP contribution in [0.15, 0.2) is 67.8 Å². The number of halogens is 2. The van der Waals surface area contributed by atoms with Gasteiger partial charge in [-0.05, 0) is 47.1 Å². The van der Waals surface area contributed by atoms with Gasteiger partial charge >= 0.3 is 0 Å². The highest BCUT2D eigenvalue weighted by Gasteiger charge is 2.03. The topological polar surface area (TPSA) is 12.4 Å². The minimum absolute atomic E-state index is 0.283. The van der Waals surface area contributed by atoms with E-state index >= 15 is 0 Å². The Balaban J connectivity index is 2.42. The molecule has 0 saturated carbocycles. The van der Waals surface area contributed by atoms with Gasteiger partial charge in [-0.15, -0.1) is 0 Å². The van der Waals surface area contributed by atoms with Gasteiger partial charge in [0.2, 0.25) is 0 Å². The van der Waals surface area contributed by atoms with Gasteiger partial charge in [-0.3, -0.25) is 0 Å². The molecule has 0 saturated heterocycles. The van der Waals surface area contributed by atoms with Crippen molar-refractivity contribution in [1.82, 2.24) is 0 Å². The van der Waals surface area contributed by atoms with Gasteiger partial charge in [0.25, 0.3) is 0 Å². The Labute approximate surface area is 111 Å². The zero-order valence-electron chi connectivity index (χ0n) is 8.31. The first kappa shape index (κ1) is 11.8. The molecule has 16 heavy (non-hydrogen) atoms. The van der Waals surface area contributed by atoms with Gasteiger partial charge in [0, 0.05) is 14.8 Å². The molecule has 1 atom stereocenters. The van der Waals surface area contributed by atoms with E-state index in [1.165, 1.54) is 4.90 Å². The first-order chi connectivity index (χ1) is 7.81. The third kappa shape index (κ3) is 2.73. The molecule has 0 amide bonds. The van der Waals surface area contributed by atoms with Crippen molar-refractivity contribution in [3.63, 3.8) is 0 Å². The van der Waals surface area contributed by atoms with Crippen LogP contribution < -0.4 is 0 Å². The molecule has 0 spiro atoms. The summed E-state index contributed by atoms with van der Waals surface area (Å²) in [5, 5.41) is 0.745. The van der Waals surface area contributed by atoms with Crippen LogP contribution in [0.5, 0.6) is 0 Å². The smallest absolute Gasteiger partial charge is 0.0828 e. The second-order valence-electron chi connectivity index (χ2n) is 3.12. The SMILES string of the molecule is Clc1ccc(/S(=N/Br)c2ccccc2)cc1. The lowest BCUT2D eigenvalue weighted by Crippen LogP contribution is -1.90. The summed E-state index contributed by atoms with van der Waals surface area (Å²) in [6, 6.07) is 18.0. The number of benzene rings is 2. The number of nitrogens with zero attached hydrogens (tertiary/aromatic N) is 1. The summed E-state index contributed by atoms with van der Waals surface area (Å²) in [5.74, 6) is 0. The Morgan fingerprint density at radius 2 is 1.44 bits per heavy atom. The maximum absolute atomic E-state index is 5.87. The molecule has 0 aliphatic carbocycles. The molecule has 2 aromatic carbocycles. The summed E-state index contributed by atoms with van der Waals surface area (Å²) in [4.78, 5) is 2.33. The van der Waals surface area contributed by atoms with E-state index in [9.17, 15) is 0 Å². The number of hydrogen-bond acceptors (Lipinski definition) is 1. The standard InChI is InChI=1S/C12H9BrClNS/c13-15-16(11-4-2-1-3-5-11)12-8-6-10(14)7-9-12/h1-9H. The first-order valence-electron chi connectivity index (χ1n) is 4.68. The molecule has 82 valence electrons. The van der Waals surface area contributed by atoms with E-state index in [1.54, 1.807) is 0 Å². The van der Waals surface area contributed by atoms with Crippen molar-refractivity contribution in [1.29, 1.82) is 0 Å². The van der Waals surface area contributed by atoms with Crippen LogP contribution in [0.3, 0.4) is 0 Å². The summed E-state index contributed by atoms with van der Waals surface area (Å²) in [6.45, 7) is 0. The van der Waals surface area contributed by atoms with Crippen molar-refractivity contribution in [3.05, 3.63) is 59.6 Å². The molecule has 2 rings (SSSR count). The molecule has 1 unspecified atom stereocenters. The lowest BCUT2D eigenvalue weighted by atomic mass is 10.4. The van der Waals surface area contributed by atoms with Gasteiger partial charge < -0.3 is 0 Å². The third-order valence-electron chi connectivity index (χ3n) is 2.07. The predicted molar refractivity (Wildman–Crippen MR) is 73.1 cm³/mol. The maximum Gasteiger partial charge on any atom is 0.0828 e. The average molecular weight is 315 g/mol. The highest BCUT2D eigenvalue weighted by molar-refractivity contribution is 9.09. The zero-order valence-corrected chi connectivity index (χ0v) is 11.5. The minimum Gasteiger partial charge on any atom is -0.177 e. The Kier molecular flexibility index (Phi) is 4.16. The zero-order chi connectivity index (χ0) is 11.4. The molecule has 0 aliphatic heterocycles. The van der Waals surface area contributed by atoms with Crippen molar-refractivity contribution in [3.8, 4) is 0 Å². The highest BCUT2D eigenvalue weighted by atomic mass is 79.9. The summed E-state index contributed by atoms with van der Waals surface area (Å²) < 4.78 is 4.26. The highest BCUT2D eigenvalue weighted by Crippen LogP contribution is 2.21. The van der Waals surface area contributed by atoms with Gasteiger partial charge in [-0.1, -0.05) is 29.8 Å². The Morgan fingerprint density at radius 3 is 2.00 bits per heavy atom. The van der Waals surface area contributed by atoms with Crippen LogP contribution in [-0.2, 0) is 10.7 Å². The van der Waals surface area contributed by atoms with Gasteiger partial charge in [-0.2, -0.15) is 3.39 Å². The molecule has 0 radical (unpaired) electrons. The van der Waals surface area contributed by atoms with Crippen molar-refractivity contribution < 1.29 is 0 Å². The van der Waals surface area contributed by atoms with E-state index < -0.39 is 0 Å². The maximum atomic E-state index is 5.87. The molecule has 0 N–H and O–H groups in total. The van der Waals surface area contributed by atoms with Gasteiger partial charge in [0.1, 0.15) is 0 Å². The molecule has 0 fully saturated rings. The van der Waals surface area contributed by atoms with Crippen molar-refractivity contribution in [2.45, 2.75) is 9.79 Å². The lowest BCUT2D eigenvalue weighted by molar-refractivity contribution is 1.39. The summed E-state index contributed by atoms with van der Waals surface area (Å²) >= 11 is 9.08. The van der Waals surface area contributed by atoms with Crippen LogP contribution in [0.2, 0.25) is 5.02 Å². The first-order valence-corrected chi connectivity index (χ1v) is 6.95. The van der Waals surface area contributed by atoms with E-state index in [0.29, 0.717) is 0 Å². The van der Waals surface area contributed by atoms with Crippen LogP contribution in [0, 0.1) is 0 Å². The molecule has 0 heterocycles. The fourth-order valence-corrected chi connectivity index (χ4v) is 3.70. The van der Waals surface area contributed by atoms with Crippen molar-refractivity contribution in [2.75, 3.05) is 0 Å². The van der Waals surface area contributed by atoms with Gasteiger partial charge in [-0.25, -0.2) is 0 Å². The summed E-state index contributed by atoms with van der Waals surface area (Å²) in [7, 11) is -0.283. The second kappa shape index (κ2) is 5.62. The van der Waals surface area contributed by atoms with Crippen LogP contribution in [0.4, 0.5) is 0 Å². The molecule has 0 aromatic heterocycles. The lowest BCUT2D eigenvalue weighted by Gasteiger charge is -2.06. The van der Waals surface area contributed by atoms with Crippen molar-refractivity contribution >= 4 is 38.4 Å². The van der Waals surface area contributed by atoms with Gasteiger partial charge in [0.15, 0.2) is 0 Å². The van der Waals surface area contributed by atoms with Crippen LogP contribution in [0.25, 0.3) is 0 Å². The summed E-state index contributed by atoms with van der Waals surface area (Å²) in [6.07, 6.45) is 0. The van der Waals surface area contributed by atoms with E-state index in [2.05, 4.69) is 31.7 Å². The fourth-order valence-electron chi connectivity index (χ4n) is 1.33. The minimum atomic E-state index is -0.283. The predicted octanol–water partition coefficient (Wildman–Crippen LogP) is 4.87. The molecule has 2 aromatic rings. The number of rotatable bonds is 2. The van der Waals surface area contributed by atoms with Crippen LogP contribution in [0.1, 0.15) is 0 Å². The normalized spacial score (nSPS) is 12.6.